The number of rotatable bonds is 4. The van der Waals surface area contributed by atoms with Gasteiger partial charge in [0, 0.05) is 55.1 Å². The first kappa shape index (κ1) is 20.9. The molecule has 3 aromatic rings. The SMILES string of the molecule is CC1NNC(C(=O)Nc2cnc3[nH]c(-c4ccnc(N5CCN(C)CC5)c4)cc3c2)C1C. The fourth-order valence-electron chi connectivity index (χ4n) is 4.33. The van der Waals surface area contributed by atoms with Crippen LogP contribution in [0.3, 0.4) is 0 Å². The fraction of sp³-hybridized carbons (Fsp3) is 0.435. The van der Waals surface area contributed by atoms with E-state index in [9.17, 15) is 4.79 Å². The van der Waals surface area contributed by atoms with Gasteiger partial charge in [0.25, 0.3) is 0 Å². The molecule has 0 aromatic carbocycles. The van der Waals surface area contributed by atoms with Gasteiger partial charge in [-0.05, 0) is 44.2 Å². The van der Waals surface area contributed by atoms with Crippen LogP contribution in [0.25, 0.3) is 22.3 Å². The number of likely N-dealkylation sites (N-methyl/N-ethyl adjacent to an activating group) is 1. The summed E-state index contributed by atoms with van der Waals surface area (Å²) < 4.78 is 0. The van der Waals surface area contributed by atoms with Gasteiger partial charge in [0.15, 0.2) is 0 Å². The van der Waals surface area contributed by atoms with E-state index in [1.165, 1.54) is 0 Å². The maximum atomic E-state index is 12.7. The quantitative estimate of drug-likeness (QED) is 0.497. The zero-order valence-electron chi connectivity index (χ0n) is 18.7. The molecule has 3 atom stereocenters. The smallest absolute Gasteiger partial charge is 0.243 e. The van der Waals surface area contributed by atoms with Gasteiger partial charge in [-0.15, -0.1) is 0 Å². The van der Waals surface area contributed by atoms with Crippen LogP contribution >= 0.6 is 0 Å². The predicted octanol–water partition coefficient (Wildman–Crippen LogP) is 1.82. The fourth-order valence-corrected chi connectivity index (χ4v) is 4.33. The van der Waals surface area contributed by atoms with Gasteiger partial charge >= 0.3 is 0 Å². The Kier molecular flexibility index (Phi) is 5.54. The monoisotopic (exact) mass is 434 g/mol. The average molecular weight is 435 g/mol. The van der Waals surface area contributed by atoms with Gasteiger partial charge in [0.05, 0.1) is 11.9 Å². The molecule has 32 heavy (non-hydrogen) atoms. The molecule has 5 heterocycles. The Morgan fingerprint density at radius 2 is 1.91 bits per heavy atom. The Bertz CT molecular complexity index is 1120. The molecule has 0 radical (unpaired) electrons. The number of carbonyl (C=O) groups is 1. The average Bonchev–Trinajstić information content (AvgIpc) is 3.37. The summed E-state index contributed by atoms with van der Waals surface area (Å²) in [6.45, 7) is 8.17. The number of hydrogen-bond acceptors (Lipinski definition) is 7. The zero-order chi connectivity index (χ0) is 22.2. The first-order valence-electron chi connectivity index (χ1n) is 11.2. The summed E-state index contributed by atoms with van der Waals surface area (Å²) in [4.78, 5) is 29.8. The van der Waals surface area contributed by atoms with Crippen molar-refractivity contribution in [3.63, 3.8) is 0 Å². The highest BCUT2D eigenvalue weighted by Gasteiger charge is 2.34. The van der Waals surface area contributed by atoms with Crippen LogP contribution < -0.4 is 21.1 Å². The minimum absolute atomic E-state index is 0.0581. The highest BCUT2D eigenvalue weighted by molar-refractivity contribution is 5.97. The van der Waals surface area contributed by atoms with E-state index in [0.717, 1.165) is 54.3 Å². The molecule has 2 saturated heterocycles. The van der Waals surface area contributed by atoms with Crippen LogP contribution in [0.1, 0.15) is 13.8 Å². The number of amides is 1. The van der Waals surface area contributed by atoms with E-state index in [1.54, 1.807) is 6.20 Å². The van der Waals surface area contributed by atoms with Crippen molar-refractivity contribution in [2.24, 2.45) is 5.92 Å². The van der Waals surface area contributed by atoms with E-state index in [1.807, 2.05) is 18.3 Å². The van der Waals surface area contributed by atoms with Gasteiger partial charge in [-0.2, -0.15) is 0 Å². The molecule has 0 aliphatic carbocycles. The lowest BCUT2D eigenvalue weighted by molar-refractivity contribution is -0.118. The van der Waals surface area contributed by atoms with E-state index in [-0.39, 0.29) is 23.9 Å². The van der Waals surface area contributed by atoms with Crippen LogP contribution in [0.5, 0.6) is 0 Å². The summed E-state index contributed by atoms with van der Waals surface area (Å²) in [5, 5.41) is 3.95. The van der Waals surface area contributed by atoms with Gasteiger partial charge in [-0.3, -0.25) is 10.2 Å². The molecule has 0 spiro atoms. The van der Waals surface area contributed by atoms with Crippen LogP contribution in [-0.4, -0.2) is 71.1 Å². The molecule has 1 amide bonds. The molecule has 2 aliphatic rings. The lowest BCUT2D eigenvalue weighted by Crippen LogP contribution is -2.44. The van der Waals surface area contributed by atoms with Gasteiger partial charge in [0.2, 0.25) is 5.91 Å². The highest BCUT2D eigenvalue weighted by atomic mass is 16.2. The maximum absolute atomic E-state index is 12.7. The molecule has 2 fully saturated rings. The molecule has 4 N–H and O–H groups in total. The number of nitrogens with zero attached hydrogens (tertiary/aromatic N) is 4. The molecule has 0 bridgehead atoms. The molecule has 168 valence electrons. The molecular weight excluding hydrogens is 404 g/mol. The third kappa shape index (κ3) is 4.06. The number of aromatic nitrogens is 3. The number of anilines is 2. The number of pyridine rings is 2. The Labute approximate surface area is 187 Å². The van der Waals surface area contributed by atoms with Crippen molar-refractivity contribution in [3.8, 4) is 11.3 Å². The summed E-state index contributed by atoms with van der Waals surface area (Å²) >= 11 is 0. The normalized spacial score (nSPS) is 24.2. The van der Waals surface area contributed by atoms with Gasteiger partial charge in [-0.25, -0.2) is 15.4 Å². The standard InChI is InChI=1S/C23H30N8O/c1-14-15(2)28-29-21(14)23(32)26-18-10-17-11-19(27-22(17)25-13-18)16-4-5-24-20(12-16)31-8-6-30(3)7-9-31/h4-5,10-15,21,28-29H,6-9H2,1-3H3,(H,25,27)(H,26,32). The topological polar surface area (TPSA) is 101 Å². The first-order chi connectivity index (χ1) is 15.5. The summed E-state index contributed by atoms with van der Waals surface area (Å²) in [6, 6.07) is 8.14. The number of fused-ring (bicyclic) bond motifs is 1. The van der Waals surface area contributed by atoms with Gasteiger partial charge in [-0.1, -0.05) is 6.92 Å². The molecule has 2 aliphatic heterocycles. The lowest BCUT2D eigenvalue weighted by atomic mass is 9.97. The van der Waals surface area contributed by atoms with Crippen molar-refractivity contribution in [1.82, 2.24) is 30.7 Å². The van der Waals surface area contributed by atoms with Crippen molar-refractivity contribution < 1.29 is 4.79 Å². The molecule has 9 nitrogen and oxygen atoms in total. The molecule has 3 aromatic heterocycles. The summed E-state index contributed by atoms with van der Waals surface area (Å²) in [5.74, 6) is 1.14. The molecular formula is C23H30N8O. The molecule has 5 rings (SSSR count). The van der Waals surface area contributed by atoms with Crippen molar-refractivity contribution >= 4 is 28.4 Å². The number of hydrogen-bond donors (Lipinski definition) is 4. The van der Waals surface area contributed by atoms with E-state index >= 15 is 0 Å². The van der Waals surface area contributed by atoms with Gasteiger partial charge in [0.1, 0.15) is 17.5 Å². The number of carbonyl (C=O) groups excluding carboxylic acids is 1. The van der Waals surface area contributed by atoms with Gasteiger partial charge < -0.3 is 20.1 Å². The Hall–Kier alpha value is -3.01. The lowest BCUT2D eigenvalue weighted by Gasteiger charge is -2.33. The third-order valence-electron chi connectivity index (χ3n) is 6.68. The summed E-state index contributed by atoms with van der Waals surface area (Å²) in [6.07, 6.45) is 3.55. The van der Waals surface area contributed by atoms with E-state index < -0.39 is 0 Å². The first-order valence-corrected chi connectivity index (χ1v) is 11.2. The Balaban J connectivity index is 1.34. The second kappa shape index (κ2) is 8.50. The zero-order valence-corrected chi connectivity index (χ0v) is 18.7. The number of piperazine rings is 1. The number of nitrogens with one attached hydrogen (secondary N) is 4. The Morgan fingerprint density at radius 1 is 1.09 bits per heavy atom. The van der Waals surface area contributed by atoms with E-state index in [2.05, 4.69) is 73.9 Å². The number of H-pyrrole nitrogens is 1. The summed E-state index contributed by atoms with van der Waals surface area (Å²) in [5.41, 5.74) is 9.73. The summed E-state index contributed by atoms with van der Waals surface area (Å²) in [7, 11) is 2.15. The van der Waals surface area contributed by atoms with E-state index in [0.29, 0.717) is 5.69 Å². The minimum Gasteiger partial charge on any atom is -0.354 e. The second-order valence-corrected chi connectivity index (χ2v) is 8.94. The van der Waals surface area contributed by atoms with Crippen molar-refractivity contribution in [1.29, 1.82) is 0 Å². The van der Waals surface area contributed by atoms with Crippen LogP contribution in [0.4, 0.5) is 11.5 Å². The number of hydrazine groups is 1. The molecule has 3 unspecified atom stereocenters. The van der Waals surface area contributed by atoms with Crippen LogP contribution in [0.2, 0.25) is 0 Å². The van der Waals surface area contributed by atoms with Crippen LogP contribution in [0, 0.1) is 5.92 Å². The van der Waals surface area contributed by atoms with E-state index in [4.69, 9.17) is 0 Å². The minimum atomic E-state index is -0.271. The molecule has 9 heteroatoms. The third-order valence-corrected chi connectivity index (χ3v) is 6.68. The highest BCUT2D eigenvalue weighted by Crippen LogP contribution is 2.27. The molecule has 0 saturated carbocycles. The second-order valence-electron chi connectivity index (χ2n) is 8.94. The largest absolute Gasteiger partial charge is 0.354 e. The van der Waals surface area contributed by atoms with Crippen molar-refractivity contribution in [2.45, 2.75) is 25.9 Å². The van der Waals surface area contributed by atoms with Crippen molar-refractivity contribution in [2.75, 3.05) is 43.4 Å². The maximum Gasteiger partial charge on any atom is 0.243 e. The predicted molar refractivity (Wildman–Crippen MR) is 126 cm³/mol. The van der Waals surface area contributed by atoms with Crippen LogP contribution in [-0.2, 0) is 4.79 Å². The van der Waals surface area contributed by atoms with Crippen molar-refractivity contribution in [3.05, 3.63) is 36.7 Å². The van der Waals surface area contributed by atoms with Crippen LogP contribution in [0.15, 0.2) is 36.7 Å². The number of aromatic amines is 1. The Morgan fingerprint density at radius 3 is 2.66 bits per heavy atom.